The van der Waals surface area contributed by atoms with Crippen LogP contribution in [0.1, 0.15) is 51.5 Å². The highest BCUT2D eigenvalue weighted by atomic mass is 35.5. The molecule has 1 N–H and O–H groups in total. The maximum Gasteiger partial charge on any atom is 0.417 e. The third-order valence-corrected chi connectivity index (χ3v) is 8.96. The molecule has 174 valence electrons. The van der Waals surface area contributed by atoms with Crippen molar-refractivity contribution in [3.8, 4) is 0 Å². The average molecular weight is 481 g/mol. The lowest BCUT2D eigenvalue weighted by atomic mass is 9.78. The molecule has 1 amide bonds. The summed E-state index contributed by atoms with van der Waals surface area (Å²) >= 11 is 5.60. The minimum absolute atomic E-state index is 0.0613. The van der Waals surface area contributed by atoms with Crippen LogP contribution < -0.4 is 5.32 Å². The van der Waals surface area contributed by atoms with E-state index < -0.39 is 31.7 Å². The van der Waals surface area contributed by atoms with Gasteiger partial charge >= 0.3 is 6.18 Å². The van der Waals surface area contributed by atoms with Crippen molar-refractivity contribution in [2.45, 2.75) is 63.1 Å². The monoisotopic (exact) mass is 480 g/mol. The van der Waals surface area contributed by atoms with Crippen molar-refractivity contribution in [1.29, 1.82) is 0 Å². The molecule has 1 aliphatic carbocycles. The molecule has 1 saturated heterocycles. The fourth-order valence-corrected chi connectivity index (χ4v) is 6.20. The predicted octanol–water partition coefficient (Wildman–Crippen LogP) is 4.70. The van der Waals surface area contributed by atoms with E-state index in [4.69, 9.17) is 11.6 Å². The van der Waals surface area contributed by atoms with Gasteiger partial charge in [-0.1, -0.05) is 38.3 Å². The lowest BCUT2D eigenvalue weighted by molar-refractivity contribution is -0.137. The number of nitrogens with zero attached hydrogens (tertiary/aromatic N) is 1. The van der Waals surface area contributed by atoms with E-state index in [1.54, 1.807) is 0 Å². The smallest absolute Gasteiger partial charge is 0.353 e. The summed E-state index contributed by atoms with van der Waals surface area (Å²) in [5.74, 6) is 0.582. The molecule has 3 atom stereocenters. The summed E-state index contributed by atoms with van der Waals surface area (Å²) in [4.78, 5) is 12.3. The van der Waals surface area contributed by atoms with Crippen molar-refractivity contribution >= 4 is 27.5 Å². The van der Waals surface area contributed by atoms with Gasteiger partial charge in [-0.3, -0.25) is 4.79 Å². The maximum absolute atomic E-state index is 13.1. The summed E-state index contributed by atoms with van der Waals surface area (Å²) in [6.07, 6.45) is -0.897. The summed E-state index contributed by atoms with van der Waals surface area (Å²) in [6, 6.07) is 2.73. The van der Waals surface area contributed by atoms with Gasteiger partial charge in [-0.25, -0.2) is 8.42 Å². The van der Waals surface area contributed by atoms with Crippen molar-refractivity contribution in [1.82, 2.24) is 9.62 Å². The summed E-state index contributed by atoms with van der Waals surface area (Å²) < 4.78 is 66.2. The van der Waals surface area contributed by atoms with Gasteiger partial charge in [0.2, 0.25) is 15.9 Å². The van der Waals surface area contributed by atoms with Gasteiger partial charge in [-0.05, 0) is 49.3 Å². The molecule has 1 saturated carbocycles. The zero-order valence-corrected chi connectivity index (χ0v) is 19.2. The molecule has 0 unspecified atom stereocenters. The van der Waals surface area contributed by atoms with Crippen molar-refractivity contribution in [2.75, 3.05) is 13.1 Å². The predicted molar refractivity (Wildman–Crippen MR) is 112 cm³/mol. The van der Waals surface area contributed by atoms with Crippen LogP contribution in [0.15, 0.2) is 23.1 Å². The van der Waals surface area contributed by atoms with Gasteiger partial charge < -0.3 is 5.32 Å². The van der Waals surface area contributed by atoms with Gasteiger partial charge in [0.1, 0.15) is 0 Å². The fourth-order valence-electron chi connectivity index (χ4n) is 4.48. The second-order valence-corrected chi connectivity index (χ2v) is 11.0. The third-order valence-electron chi connectivity index (χ3n) is 6.74. The van der Waals surface area contributed by atoms with Crippen LogP contribution in [0.2, 0.25) is 5.02 Å². The highest BCUT2D eigenvalue weighted by Crippen LogP contribution is 2.37. The van der Waals surface area contributed by atoms with E-state index in [1.807, 2.05) is 0 Å². The number of sulfonamides is 1. The average Bonchev–Trinajstić information content (AvgIpc) is 2.70. The van der Waals surface area contributed by atoms with Crippen LogP contribution in [-0.2, 0) is 21.0 Å². The van der Waals surface area contributed by atoms with Crippen LogP contribution in [0, 0.1) is 17.8 Å². The Labute approximate surface area is 186 Å². The van der Waals surface area contributed by atoms with E-state index in [0.717, 1.165) is 35.7 Å². The largest absolute Gasteiger partial charge is 0.417 e. The Morgan fingerprint density at radius 2 is 1.77 bits per heavy atom. The lowest BCUT2D eigenvalue weighted by Gasteiger charge is -2.36. The van der Waals surface area contributed by atoms with E-state index in [9.17, 15) is 26.4 Å². The second kappa shape index (κ2) is 9.27. The second-order valence-electron chi connectivity index (χ2n) is 8.70. The number of halogens is 4. The minimum atomic E-state index is -4.75. The van der Waals surface area contributed by atoms with Gasteiger partial charge in [0.25, 0.3) is 0 Å². The van der Waals surface area contributed by atoms with Crippen LogP contribution in [0.4, 0.5) is 13.2 Å². The van der Waals surface area contributed by atoms with Crippen molar-refractivity contribution in [3.63, 3.8) is 0 Å². The van der Waals surface area contributed by atoms with Crippen LogP contribution in [0.25, 0.3) is 0 Å². The number of carbonyl (C=O) groups excluding carboxylic acids is 1. The van der Waals surface area contributed by atoms with E-state index in [-0.39, 0.29) is 31.0 Å². The quantitative estimate of drug-likeness (QED) is 0.679. The Bertz CT molecular complexity index is 915. The molecule has 0 aromatic heterocycles. The van der Waals surface area contributed by atoms with Gasteiger partial charge in [0.05, 0.1) is 15.5 Å². The number of carbonyl (C=O) groups is 1. The highest BCUT2D eigenvalue weighted by molar-refractivity contribution is 7.89. The number of alkyl halides is 3. The number of hydrogen-bond acceptors (Lipinski definition) is 3. The van der Waals surface area contributed by atoms with E-state index >= 15 is 0 Å². The molecule has 1 aliphatic heterocycles. The van der Waals surface area contributed by atoms with Crippen LogP contribution in [0.3, 0.4) is 0 Å². The molecule has 0 spiro atoms. The lowest BCUT2D eigenvalue weighted by Crippen LogP contribution is -2.48. The number of piperidine rings is 1. The molecule has 31 heavy (non-hydrogen) atoms. The Morgan fingerprint density at radius 3 is 2.39 bits per heavy atom. The first-order valence-corrected chi connectivity index (χ1v) is 12.4. The zero-order chi connectivity index (χ0) is 23.0. The minimum Gasteiger partial charge on any atom is -0.353 e. The van der Waals surface area contributed by atoms with Crippen LogP contribution in [0.5, 0.6) is 0 Å². The summed E-state index contributed by atoms with van der Waals surface area (Å²) in [5, 5.41) is 2.59. The van der Waals surface area contributed by atoms with Crippen LogP contribution >= 0.6 is 11.6 Å². The molecule has 1 heterocycles. The third kappa shape index (κ3) is 5.37. The number of nitrogens with one attached hydrogen (secondary N) is 1. The number of amides is 1. The molecule has 1 aromatic carbocycles. The number of rotatable bonds is 4. The van der Waals surface area contributed by atoms with Gasteiger partial charge in [-0.15, -0.1) is 0 Å². The molecular formula is C21H28ClF3N2O3S. The molecule has 10 heteroatoms. The van der Waals surface area contributed by atoms with Gasteiger partial charge in [0, 0.05) is 25.0 Å². The first-order chi connectivity index (χ1) is 14.4. The summed E-state index contributed by atoms with van der Waals surface area (Å²) in [7, 11) is -4.11. The number of hydrogen-bond donors (Lipinski definition) is 1. The molecule has 2 aliphatic rings. The first kappa shape index (κ1) is 24.3. The SMILES string of the molecule is C[C@@H]1[C@H](C)CCC[C@H]1NC(=O)C1CCN(S(=O)(=O)c2ccc(Cl)c(C(F)(F)F)c2)CC1. The Balaban J connectivity index is 1.64. The van der Waals surface area contributed by atoms with Crippen molar-refractivity contribution in [2.24, 2.45) is 17.8 Å². The fraction of sp³-hybridized carbons (Fsp3) is 0.667. The zero-order valence-electron chi connectivity index (χ0n) is 17.6. The molecule has 0 radical (unpaired) electrons. The van der Waals surface area contributed by atoms with Crippen LogP contribution in [-0.4, -0.2) is 37.8 Å². The summed E-state index contributed by atoms with van der Waals surface area (Å²) in [6.45, 7) is 4.50. The Kier molecular flexibility index (Phi) is 7.28. The van der Waals surface area contributed by atoms with E-state index in [1.165, 1.54) is 0 Å². The molecular weight excluding hydrogens is 453 g/mol. The summed E-state index contributed by atoms with van der Waals surface area (Å²) in [5.41, 5.74) is -1.18. The molecule has 0 bridgehead atoms. The van der Waals surface area contributed by atoms with E-state index in [0.29, 0.717) is 30.7 Å². The normalized spacial score (nSPS) is 26.6. The Hall–Kier alpha value is -1.32. The van der Waals surface area contributed by atoms with Gasteiger partial charge in [-0.2, -0.15) is 17.5 Å². The standard InChI is InChI=1S/C21H28ClF3N2O3S/c1-13-4-3-5-19(14(13)2)26-20(28)15-8-10-27(11-9-15)31(29,30)16-6-7-18(22)17(12-16)21(23,24)25/h6-7,12-15,19H,3-5,8-11H2,1-2H3,(H,26,28)/t13-,14-,19-/m1/s1. The Morgan fingerprint density at radius 1 is 1.13 bits per heavy atom. The van der Waals surface area contributed by atoms with Gasteiger partial charge in [0.15, 0.2) is 0 Å². The topological polar surface area (TPSA) is 66.5 Å². The van der Waals surface area contributed by atoms with Crippen molar-refractivity contribution < 1.29 is 26.4 Å². The molecule has 1 aromatic rings. The maximum atomic E-state index is 13.1. The van der Waals surface area contributed by atoms with Crippen molar-refractivity contribution in [3.05, 3.63) is 28.8 Å². The number of benzene rings is 1. The first-order valence-electron chi connectivity index (χ1n) is 10.6. The highest BCUT2D eigenvalue weighted by Gasteiger charge is 2.37. The molecule has 2 fully saturated rings. The molecule has 5 nitrogen and oxygen atoms in total. The molecule has 3 rings (SSSR count). The van der Waals surface area contributed by atoms with E-state index in [2.05, 4.69) is 19.2 Å².